The van der Waals surface area contributed by atoms with Gasteiger partial charge in [0.15, 0.2) is 17.0 Å². The second-order valence-electron chi connectivity index (χ2n) is 3.58. The predicted octanol–water partition coefficient (Wildman–Crippen LogP) is 2.59. The molecule has 0 aliphatic carbocycles. The monoisotopic (exact) mass is 214 g/mol. The highest BCUT2D eigenvalue weighted by molar-refractivity contribution is 5.82. The Morgan fingerprint density at radius 1 is 1.19 bits per heavy atom. The number of benzene rings is 1. The molecule has 80 valence electrons. The zero-order valence-electron chi connectivity index (χ0n) is 8.51. The highest BCUT2D eigenvalue weighted by Gasteiger charge is 2.11. The Morgan fingerprint density at radius 3 is 2.75 bits per heavy atom. The van der Waals surface area contributed by atoms with E-state index in [0.29, 0.717) is 29.3 Å². The first-order chi connectivity index (χ1) is 7.83. The van der Waals surface area contributed by atoms with Gasteiger partial charge in [0.1, 0.15) is 6.26 Å². The summed E-state index contributed by atoms with van der Waals surface area (Å²) >= 11 is 0. The third-order valence-corrected chi connectivity index (χ3v) is 2.42. The van der Waals surface area contributed by atoms with Crippen molar-refractivity contribution in [1.82, 2.24) is 4.98 Å². The van der Waals surface area contributed by atoms with Gasteiger partial charge < -0.3 is 14.6 Å². The fourth-order valence-corrected chi connectivity index (χ4v) is 1.65. The average Bonchev–Trinajstić information content (AvgIpc) is 2.83. The lowest BCUT2D eigenvalue weighted by molar-refractivity contribution is 0.521. The van der Waals surface area contributed by atoms with Gasteiger partial charge in [-0.05, 0) is 5.56 Å². The van der Waals surface area contributed by atoms with Crippen molar-refractivity contribution in [3.63, 3.8) is 0 Å². The molecule has 3 rings (SSSR count). The molecule has 16 heavy (non-hydrogen) atoms. The summed E-state index contributed by atoms with van der Waals surface area (Å²) in [5, 5.41) is 0. The minimum absolute atomic E-state index is 0.304. The largest absolute Gasteiger partial charge is 0.443 e. The Morgan fingerprint density at radius 2 is 2.00 bits per heavy atom. The molecular formula is C12H10N2O2. The van der Waals surface area contributed by atoms with Crippen LogP contribution in [-0.2, 0) is 6.42 Å². The van der Waals surface area contributed by atoms with Crippen LogP contribution in [0.25, 0.3) is 11.1 Å². The maximum Gasteiger partial charge on any atom is 0.220 e. The van der Waals surface area contributed by atoms with Crippen LogP contribution in [0.3, 0.4) is 0 Å². The van der Waals surface area contributed by atoms with Gasteiger partial charge in [0.2, 0.25) is 5.88 Å². The van der Waals surface area contributed by atoms with E-state index in [-0.39, 0.29) is 0 Å². The molecule has 0 amide bonds. The van der Waals surface area contributed by atoms with E-state index in [2.05, 4.69) is 4.98 Å². The van der Waals surface area contributed by atoms with E-state index in [4.69, 9.17) is 14.6 Å². The number of furan rings is 1. The zero-order valence-corrected chi connectivity index (χ0v) is 8.51. The lowest BCUT2D eigenvalue weighted by Crippen LogP contribution is -1.88. The number of aromatic nitrogens is 1. The van der Waals surface area contributed by atoms with E-state index in [1.165, 1.54) is 6.26 Å². The second-order valence-corrected chi connectivity index (χ2v) is 3.58. The summed E-state index contributed by atoms with van der Waals surface area (Å²) in [6, 6.07) is 10.0. The molecule has 2 N–H and O–H groups in total. The highest BCUT2D eigenvalue weighted by atomic mass is 16.4. The van der Waals surface area contributed by atoms with Gasteiger partial charge in [0.25, 0.3) is 0 Å². The minimum atomic E-state index is 0.304. The highest BCUT2D eigenvalue weighted by Crippen LogP contribution is 2.24. The second kappa shape index (κ2) is 3.41. The molecule has 2 aromatic heterocycles. The van der Waals surface area contributed by atoms with E-state index in [9.17, 15) is 0 Å². The number of anilines is 1. The van der Waals surface area contributed by atoms with Crippen LogP contribution in [0.4, 0.5) is 5.88 Å². The summed E-state index contributed by atoms with van der Waals surface area (Å²) in [4.78, 5) is 4.28. The van der Waals surface area contributed by atoms with Crippen molar-refractivity contribution in [2.75, 3.05) is 5.73 Å². The third-order valence-electron chi connectivity index (χ3n) is 2.42. The Kier molecular flexibility index (Phi) is 1.93. The topological polar surface area (TPSA) is 65.2 Å². The van der Waals surface area contributed by atoms with Crippen molar-refractivity contribution in [3.8, 4) is 0 Å². The van der Waals surface area contributed by atoms with Crippen LogP contribution in [0.15, 0.2) is 45.4 Å². The number of nitrogens with two attached hydrogens (primary N) is 1. The standard InChI is InChI=1S/C12H10N2O2/c13-12-11-9(7-15-12)16-10(14-11)6-8-4-2-1-3-5-8/h1-5,7H,6,13H2. The van der Waals surface area contributed by atoms with Crippen LogP contribution in [0, 0.1) is 0 Å². The van der Waals surface area contributed by atoms with Crippen molar-refractivity contribution in [2.45, 2.75) is 6.42 Å². The van der Waals surface area contributed by atoms with Gasteiger partial charge in [0, 0.05) is 6.42 Å². The molecule has 0 bridgehead atoms. The van der Waals surface area contributed by atoms with Gasteiger partial charge in [-0.2, -0.15) is 0 Å². The first-order valence-electron chi connectivity index (χ1n) is 4.99. The molecule has 0 spiro atoms. The van der Waals surface area contributed by atoms with Crippen LogP contribution in [0.2, 0.25) is 0 Å². The van der Waals surface area contributed by atoms with E-state index in [0.717, 1.165) is 5.56 Å². The summed E-state index contributed by atoms with van der Waals surface area (Å²) in [5.41, 5.74) is 7.95. The van der Waals surface area contributed by atoms with Gasteiger partial charge in [-0.25, -0.2) is 4.98 Å². The molecule has 4 nitrogen and oxygen atoms in total. The SMILES string of the molecule is Nc1occ2oc(Cc3ccccc3)nc12. The molecule has 0 saturated carbocycles. The number of oxazole rings is 1. The number of hydrogen-bond acceptors (Lipinski definition) is 4. The fourth-order valence-electron chi connectivity index (χ4n) is 1.65. The van der Waals surface area contributed by atoms with Crippen LogP contribution >= 0.6 is 0 Å². The Labute approximate surface area is 91.7 Å². The quantitative estimate of drug-likeness (QED) is 0.712. The maximum atomic E-state index is 5.59. The summed E-state index contributed by atoms with van der Waals surface area (Å²) in [6.07, 6.45) is 2.14. The zero-order chi connectivity index (χ0) is 11.0. The average molecular weight is 214 g/mol. The van der Waals surface area contributed by atoms with Gasteiger partial charge in [-0.3, -0.25) is 0 Å². The smallest absolute Gasteiger partial charge is 0.220 e. The molecule has 0 radical (unpaired) electrons. The number of fused-ring (bicyclic) bond motifs is 1. The molecule has 0 unspecified atom stereocenters. The van der Waals surface area contributed by atoms with Gasteiger partial charge in [-0.15, -0.1) is 0 Å². The predicted molar refractivity (Wildman–Crippen MR) is 59.9 cm³/mol. The van der Waals surface area contributed by atoms with Crippen LogP contribution < -0.4 is 5.73 Å². The molecule has 1 aromatic carbocycles. The van der Waals surface area contributed by atoms with Crippen molar-refractivity contribution in [1.29, 1.82) is 0 Å². The third kappa shape index (κ3) is 1.44. The molecule has 4 heteroatoms. The Bertz CT molecular complexity index is 610. The van der Waals surface area contributed by atoms with E-state index in [1.54, 1.807) is 0 Å². The maximum absolute atomic E-state index is 5.59. The molecule has 3 aromatic rings. The van der Waals surface area contributed by atoms with E-state index >= 15 is 0 Å². The van der Waals surface area contributed by atoms with Crippen molar-refractivity contribution in [2.24, 2.45) is 0 Å². The minimum Gasteiger partial charge on any atom is -0.443 e. The molecule has 0 aliphatic rings. The number of nitrogens with zero attached hydrogens (tertiary/aromatic N) is 1. The van der Waals surface area contributed by atoms with Crippen molar-refractivity contribution in [3.05, 3.63) is 48.0 Å². The van der Waals surface area contributed by atoms with Gasteiger partial charge in [0.05, 0.1) is 0 Å². The van der Waals surface area contributed by atoms with E-state index < -0.39 is 0 Å². The molecule has 0 aliphatic heterocycles. The molecule has 0 saturated heterocycles. The number of hydrogen-bond donors (Lipinski definition) is 1. The van der Waals surface area contributed by atoms with E-state index in [1.807, 2.05) is 30.3 Å². The fraction of sp³-hybridized carbons (Fsp3) is 0.0833. The molecule has 0 atom stereocenters. The van der Waals surface area contributed by atoms with Crippen LogP contribution in [0.5, 0.6) is 0 Å². The van der Waals surface area contributed by atoms with Crippen molar-refractivity contribution >= 4 is 17.0 Å². The number of rotatable bonds is 2. The van der Waals surface area contributed by atoms with Crippen LogP contribution in [-0.4, -0.2) is 4.98 Å². The molecular weight excluding hydrogens is 204 g/mol. The summed E-state index contributed by atoms with van der Waals surface area (Å²) in [5.74, 6) is 0.955. The van der Waals surface area contributed by atoms with Crippen molar-refractivity contribution < 1.29 is 8.83 Å². The lowest BCUT2D eigenvalue weighted by atomic mass is 10.1. The Balaban J connectivity index is 1.95. The summed E-state index contributed by atoms with van der Waals surface area (Å²) < 4.78 is 10.5. The Hall–Kier alpha value is -2.23. The molecule has 0 fully saturated rings. The molecule has 2 heterocycles. The van der Waals surface area contributed by atoms with Gasteiger partial charge >= 0.3 is 0 Å². The van der Waals surface area contributed by atoms with Crippen LogP contribution in [0.1, 0.15) is 11.5 Å². The van der Waals surface area contributed by atoms with Gasteiger partial charge in [-0.1, -0.05) is 30.3 Å². The first kappa shape index (κ1) is 9.03. The lowest BCUT2D eigenvalue weighted by Gasteiger charge is -1.95. The number of nitrogen functional groups attached to an aromatic ring is 1. The first-order valence-corrected chi connectivity index (χ1v) is 4.99. The summed E-state index contributed by atoms with van der Waals surface area (Å²) in [7, 11) is 0. The normalized spacial score (nSPS) is 11.0. The summed E-state index contributed by atoms with van der Waals surface area (Å²) in [6.45, 7) is 0.